The van der Waals surface area contributed by atoms with E-state index in [1.165, 1.54) is 0 Å². The lowest BCUT2D eigenvalue weighted by atomic mass is 10.0. The minimum atomic E-state index is -0.0438. The van der Waals surface area contributed by atoms with Crippen molar-refractivity contribution in [3.8, 4) is 0 Å². The van der Waals surface area contributed by atoms with Gasteiger partial charge in [-0.3, -0.25) is 4.79 Å². The highest BCUT2D eigenvalue weighted by Gasteiger charge is 2.31. The Kier molecular flexibility index (Phi) is 5.06. The lowest BCUT2D eigenvalue weighted by Crippen LogP contribution is -2.49. The number of hydrogen-bond donors (Lipinski definition) is 1. The third-order valence-corrected chi connectivity index (χ3v) is 4.66. The smallest absolute Gasteiger partial charge is 0.254 e. The first-order valence-corrected chi connectivity index (χ1v) is 8.22. The van der Waals surface area contributed by atoms with Gasteiger partial charge in [-0.15, -0.1) is 12.4 Å². The van der Waals surface area contributed by atoms with Crippen molar-refractivity contribution < 1.29 is 4.79 Å². The van der Waals surface area contributed by atoms with E-state index in [0.29, 0.717) is 6.54 Å². The van der Waals surface area contributed by atoms with E-state index in [4.69, 9.17) is 0 Å². The predicted octanol–water partition coefficient (Wildman–Crippen LogP) is 2.78. The molecule has 0 saturated carbocycles. The van der Waals surface area contributed by atoms with Gasteiger partial charge < -0.3 is 14.8 Å². The molecule has 5 nitrogen and oxygen atoms in total. The monoisotopic (exact) mass is 356 g/mol. The molecule has 1 N–H and O–H groups in total. The molecule has 25 heavy (non-hydrogen) atoms. The molecule has 1 amide bonds. The second kappa shape index (κ2) is 7.25. The Morgan fingerprint density at radius 1 is 1.20 bits per heavy atom. The maximum atomic E-state index is 13.1. The molecule has 0 radical (unpaired) electrons. The molecule has 0 aliphatic carbocycles. The quantitative estimate of drug-likeness (QED) is 0.768. The first-order valence-electron chi connectivity index (χ1n) is 8.22. The van der Waals surface area contributed by atoms with E-state index in [0.717, 1.165) is 35.2 Å². The molecule has 0 spiro atoms. The number of fused-ring (bicyclic) bond motifs is 1. The van der Waals surface area contributed by atoms with Crippen LogP contribution in [0.4, 0.5) is 0 Å². The number of halogens is 1. The standard InChI is InChI=1S/C19H20N4O.ClH/c1-22-10-9-21-18(22)17-13-20-8-11-23(17)19(24)16-7-6-14-4-2-3-5-15(14)12-16;/h2-7,9-10,12,17,20H,8,11,13H2,1H3;1H. The number of aromatic nitrogens is 2. The van der Waals surface area contributed by atoms with Gasteiger partial charge in [-0.25, -0.2) is 4.98 Å². The molecular weight excluding hydrogens is 336 g/mol. The zero-order valence-corrected chi connectivity index (χ0v) is 14.9. The second-order valence-electron chi connectivity index (χ2n) is 6.18. The number of carbonyl (C=O) groups is 1. The third kappa shape index (κ3) is 3.25. The van der Waals surface area contributed by atoms with Crippen LogP contribution in [0.2, 0.25) is 0 Å². The zero-order chi connectivity index (χ0) is 16.5. The van der Waals surface area contributed by atoms with Gasteiger partial charge in [0.15, 0.2) is 0 Å². The van der Waals surface area contributed by atoms with Crippen LogP contribution < -0.4 is 5.32 Å². The molecule has 1 aromatic heterocycles. The highest BCUT2D eigenvalue weighted by atomic mass is 35.5. The van der Waals surface area contributed by atoms with Crippen LogP contribution in [-0.4, -0.2) is 40.0 Å². The van der Waals surface area contributed by atoms with Crippen molar-refractivity contribution in [1.29, 1.82) is 0 Å². The number of aryl methyl sites for hydroxylation is 1. The van der Waals surface area contributed by atoms with E-state index in [-0.39, 0.29) is 24.4 Å². The van der Waals surface area contributed by atoms with Crippen LogP contribution in [0, 0.1) is 0 Å². The van der Waals surface area contributed by atoms with Gasteiger partial charge in [0, 0.05) is 44.6 Å². The van der Waals surface area contributed by atoms with Crippen LogP contribution in [0.1, 0.15) is 22.2 Å². The number of amides is 1. The number of carbonyl (C=O) groups excluding carboxylic acids is 1. The number of nitrogens with one attached hydrogen (secondary N) is 1. The minimum Gasteiger partial charge on any atom is -0.336 e. The summed E-state index contributed by atoms with van der Waals surface area (Å²) in [4.78, 5) is 19.5. The van der Waals surface area contributed by atoms with Gasteiger partial charge in [0.05, 0.1) is 0 Å². The normalized spacial score (nSPS) is 17.3. The Bertz CT molecular complexity index is 892. The van der Waals surface area contributed by atoms with E-state index < -0.39 is 0 Å². The van der Waals surface area contributed by atoms with Gasteiger partial charge >= 0.3 is 0 Å². The molecule has 6 heteroatoms. The Labute approximate surface area is 153 Å². The Morgan fingerprint density at radius 3 is 2.76 bits per heavy atom. The van der Waals surface area contributed by atoms with E-state index >= 15 is 0 Å². The van der Waals surface area contributed by atoms with E-state index in [1.54, 1.807) is 6.20 Å². The number of hydrogen-bond acceptors (Lipinski definition) is 3. The molecule has 3 aromatic rings. The summed E-state index contributed by atoms with van der Waals surface area (Å²) in [6.07, 6.45) is 3.70. The minimum absolute atomic E-state index is 0. The van der Waals surface area contributed by atoms with Crippen LogP contribution in [0.15, 0.2) is 54.9 Å². The second-order valence-corrected chi connectivity index (χ2v) is 6.18. The highest BCUT2D eigenvalue weighted by Crippen LogP contribution is 2.24. The van der Waals surface area contributed by atoms with Crippen LogP contribution in [0.5, 0.6) is 0 Å². The van der Waals surface area contributed by atoms with E-state index in [2.05, 4.69) is 16.4 Å². The average molecular weight is 357 g/mol. The van der Waals surface area contributed by atoms with Gasteiger partial charge in [0.1, 0.15) is 11.9 Å². The van der Waals surface area contributed by atoms with Crippen molar-refractivity contribution in [2.75, 3.05) is 19.6 Å². The van der Waals surface area contributed by atoms with Gasteiger partial charge in [0.25, 0.3) is 5.91 Å². The topological polar surface area (TPSA) is 50.2 Å². The predicted molar refractivity (Wildman–Crippen MR) is 101 cm³/mol. The van der Waals surface area contributed by atoms with Gasteiger partial charge in [-0.1, -0.05) is 30.3 Å². The summed E-state index contributed by atoms with van der Waals surface area (Å²) in [5.41, 5.74) is 0.731. The molecule has 2 aromatic carbocycles. The molecule has 1 unspecified atom stereocenters. The van der Waals surface area contributed by atoms with Crippen molar-refractivity contribution in [2.45, 2.75) is 6.04 Å². The number of rotatable bonds is 2. The van der Waals surface area contributed by atoms with Crippen molar-refractivity contribution >= 4 is 29.1 Å². The molecular formula is C19H21ClN4O. The van der Waals surface area contributed by atoms with Crippen LogP contribution in [0.3, 0.4) is 0 Å². The highest BCUT2D eigenvalue weighted by molar-refractivity contribution is 5.98. The first-order chi connectivity index (χ1) is 11.7. The summed E-state index contributed by atoms with van der Waals surface area (Å²) < 4.78 is 1.98. The van der Waals surface area contributed by atoms with E-state index in [1.807, 2.05) is 59.1 Å². The van der Waals surface area contributed by atoms with Crippen molar-refractivity contribution in [3.05, 3.63) is 66.2 Å². The molecule has 1 aliphatic rings. The maximum Gasteiger partial charge on any atom is 0.254 e. The molecule has 130 valence electrons. The average Bonchev–Trinajstić information content (AvgIpc) is 3.06. The number of nitrogens with zero attached hydrogens (tertiary/aromatic N) is 3. The molecule has 1 atom stereocenters. The van der Waals surface area contributed by atoms with Crippen molar-refractivity contribution in [3.63, 3.8) is 0 Å². The van der Waals surface area contributed by atoms with Gasteiger partial charge in [0.2, 0.25) is 0 Å². The van der Waals surface area contributed by atoms with Crippen LogP contribution >= 0.6 is 12.4 Å². The summed E-state index contributed by atoms with van der Waals surface area (Å²) in [6, 6.07) is 14.0. The Balaban J connectivity index is 0.00000182. The van der Waals surface area contributed by atoms with E-state index in [9.17, 15) is 4.79 Å². The SMILES string of the molecule is Cl.Cn1ccnc1C1CNCCN1C(=O)c1ccc2ccccc2c1. The van der Waals surface area contributed by atoms with Gasteiger partial charge in [-0.2, -0.15) is 0 Å². The molecule has 1 aliphatic heterocycles. The maximum absolute atomic E-state index is 13.1. The fourth-order valence-corrected chi connectivity index (χ4v) is 3.36. The first kappa shape index (κ1) is 17.5. The van der Waals surface area contributed by atoms with Crippen LogP contribution in [0.25, 0.3) is 10.8 Å². The zero-order valence-electron chi connectivity index (χ0n) is 14.1. The molecule has 4 rings (SSSR count). The van der Waals surface area contributed by atoms with Crippen molar-refractivity contribution in [2.24, 2.45) is 7.05 Å². The fraction of sp³-hybridized carbons (Fsp3) is 0.263. The lowest BCUT2D eigenvalue weighted by Gasteiger charge is -2.35. The Hall–Kier alpha value is -2.37. The molecule has 1 saturated heterocycles. The lowest BCUT2D eigenvalue weighted by molar-refractivity contribution is 0.0621. The molecule has 1 fully saturated rings. The number of piperazine rings is 1. The summed E-state index contributed by atoms with van der Waals surface area (Å²) >= 11 is 0. The number of imidazole rings is 1. The summed E-state index contributed by atoms with van der Waals surface area (Å²) in [5, 5.41) is 5.61. The third-order valence-electron chi connectivity index (χ3n) is 4.66. The summed E-state index contributed by atoms with van der Waals surface area (Å²) in [6.45, 7) is 2.22. The van der Waals surface area contributed by atoms with Crippen molar-refractivity contribution in [1.82, 2.24) is 19.8 Å². The number of benzene rings is 2. The fourth-order valence-electron chi connectivity index (χ4n) is 3.36. The summed E-state index contributed by atoms with van der Waals surface area (Å²) in [7, 11) is 1.97. The van der Waals surface area contributed by atoms with Gasteiger partial charge in [-0.05, 0) is 22.9 Å². The molecule has 2 heterocycles. The van der Waals surface area contributed by atoms with Crippen LogP contribution in [-0.2, 0) is 7.05 Å². The molecule has 0 bridgehead atoms. The summed E-state index contributed by atoms with van der Waals surface area (Å²) in [5.74, 6) is 0.978. The largest absolute Gasteiger partial charge is 0.336 e. The Morgan fingerprint density at radius 2 is 2.00 bits per heavy atom.